The summed E-state index contributed by atoms with van der Waals surface area (Å²) in [4.78, 5) is 15.6. The maximum absolute atomic E-state index is 10.9. The summed E-state index contributed by atoms with van der Waals surface area (Å²) in [7, 11) is 2.14. The minimum absolute atomic E-state index is 0.0809. The fourth-order valence-corrected chi connectivity index (χ4v) is 1.66. The summed E-state index contributed by atoms with van der Waals surface area (Å²) in [5.74, 6) is 4.93. The van der Waals surface area contributed by atoms with E-state index in [2.05, 4.69) is 22.3 Å². The first kappa shape index (κ1) is 11.4. The third kappa shape index (κ3) is 4.04. The molecule has 0 saturated carbocycles. The molecule has 0 aromatic rings. The molecule has 1 rings (SSSR count). The van der Waals surface area contributed by atoms with Crippen molar-refractivity contribution in [3.63, 3.8) is 0 Å². The quantitative estimate of drug-likeness (QED) is 0.349. The topological polar surface area (TPSA) is 61.6 Å². The highest BCUT2D eigenvalue weighted by atomic mass is 16.2. The van der Waals surface area contributed by atoms with Crippen LogP contribution in [0.2, 0.25) is 0 Å². The lowest BCUT2D eigenvalue weighted by Crippen LogP contribution is -2.35. The highest BCUT2D eigenvalue weighted by molar-refractivity contribution is 5.75. The van der Waals surface area contributed by atoms with Gasteiger partial charge in [-0.2, -0.15) is 0 Å². The van der Waals surface area contributed by atoms with Crippen LogP contribution in [0.4, 0.5) is 0 Å². The first-order valence-electron chi connectivity index (χ1n) is 5.12. The smallest absolute Gasteiger partial charge is 0.235 e. The van der Waals surface area contributed by atoms with E-state index >= 15 is 0 Å². The molecule has 0 unspecified atom stereocenters. The van der Waals surface area contributed by atoms with Crippen LogP contribution in [0, 0.1) is 0 Å². The number of hydrogen-bond donors (Lipinski definition) is 2. The number of nitrogens with one attached hydrogen (secondary N) is 1. The van der Waals surface area contributed by atoms with E-state index in [1.54, 1.807) is 0 Å². The molecular weight excluding hydrogens is 180 g/mol. The van der Waals surface area contributed by atoms with E-state index in [9.17, 15) is 4.79 Å². The van der Waals surface area contributed by atoms with Gasteiger partial charge in [-0.05, 0) is 26.6 Å². The predicted octanol–water partition coefficient (Wildman–Crippen LogP) is -0.996. The molecule has 1 aliphatic heterocycles. The van der Waals surface area contributed by atoms with Crippen molar-refractivity contribution in [1.29, 1.82) is 0 Å². The minimum Gasteiger partial charge on any atom is -0.305 e. The molecule has 1 fully saturated rings. The van der Waals surface area contributed by atoms with Crippen LogP contribution in [0.1, 0.15) is 12.8 Å². The minimum atomic E-state index is -0.0809. The molecule has 0 radical (unpaired) electrons. The van der Waals surface area contributed by atoms with Crippen LogP contribution in [0.5, 0.6) is 0 Å². The zero-order chi connectivity index (χ0) is 10.4. The van der Waals surface area contributed by atoms with Gasteiger partial charge in [0, 0.05) is 26.1 Å². The van der Waals surface area contributed by atoms with Gasteiger partial charge in [-0.25, -0.2) is 5.84 Å². The highest BCUT2D eigenvalue weighted by Crippen LogP contribution is 2.01. The molecule has 0 bridgehead atoms. The molecule has 1 amide bonds. The van der Waals surface area contributed by atoms with Crippen LogP contribution in [-0.2, 0) is 4.79 Å². The van der Waals surface area contributed by atoms with Crippen molar-refractivity contribution in [2.24, 2.45) is 5.84 Å². The summed E-state index contributed by atoms with van der Waals surface area (Å²) in [5.41, 5.74) is 2.15. The van der Waals surface area contributed by atoms with Crippen LogP contribution < -0.4 is 11.3 Å². The summed E-state index contributed by atoms with van der Waals surface area (Å²) in [6.45, 7) is 5.19. The van der Waals surface area contributed by atoms with Crippen molar-refractivity contribution in [2.75, 3.05) is 39.8 Å². The van der Waals surface area contributed by atoms with E-state index in [4.69, 9.17) is 5.84 Å². The summed E-state index contributed by atoms with van der Waals surface area (Å²) in [5, 5.41) is 0. The van der Waals surface area contributed by atoms with E-state index in [1.807, 2.05) is 0 Å². The summed E-state index contributed by atoms with van der Waals surface area (Å²) in [6, 6.07) is 0. The van der Waals surface area contributed by atoms with E-state index in [1.165, 1.54) is 6.42 Å². The SMILES string of the molecule is CN1CCCN(CCC(=O)NN)CC1. The predicted molar refractivity (Wildman–Crippen MR) is 55.5 cm³/mol. The Balaban J connectivity index is 2.20. The molecule has 14 heavy (non-hydrogen) atoms. The molecule has 0 atom stereocenters. The average molecular weight is 200 g/mol. The second kappa shape index (κ2) is 5.95. The van der Waals surface area contributed by atoms with Crippen molar-refractivity contribution in [3.05, 3.63) is 0 Å². The van der Waals surface area contributed by atoms with Crippen molar-refractivity contribution < 1.29 is 4.79 Å². The van der Waals surface area contributed by atoms with Gasteiger partial charge in [0.25, 0.3) is 0 Å². The molecule has 3 N–H and O–H groups in total. The molecule has 5 nitrogen and oxygen atoms in total. The van der Waals surface area contributed by atoms with E-state index in [0.29, 0.717) is 6.42 Å². The Labute approximate surface area is 85.2 Å². The van der Waals surface area contributed by atoms with Gasteiger partial charge < -0.3 is 9.80 Å². The van der Waals surface area contributed by atoms with E-state index in [0.717, 1.165) is 32.7 Å². The van der Waals surface area contributed by atoms with Gasteiger partial charge in [0.15, 0.2) is 0 Å². The number of rotatable bonds is 3. The Morgan fingerprint density at radius 3 is 2.86 bits per heavy atom. The van der Waals surface area contributed by atoms with Gasteiger partial charge in [0.05, 0.1) is 0 Å². The first-order chi connectivity index (χ1) is 6.72. The summed E-state index contributed by atoms with van der Waals surface area (Å²) < 4.78 is 0. The van der Waals surface area contributed by atoms with Gasteiger partial charge in [-0.15, -0.1) is 0 Å². The van der Waals surface area contributed by atoms with Crippen LogP contribution >= 0.6 is 0 Å². The molecule has 5 heteroatoms. The first-order valence-corrected chi connectivity index (χ1v) is 5.12. The molecule has 0 aliphatic carbocycles. The van der Waals surface area contributed by atoms with Gasteiger partial charge in [-0.1, -0.05) is 0 Å². The fraction of sp³-hybridized carbons (Fsp3) is 0.889. The number of carbonyl (C=O) groups excluding carboxylic acids is 1. The van der Waals surface area contributed by atoms with Gasteiger partial charge >= 0.3 is 0 Å². The van der Waals surface area contributed by atoms with Crippen molar-refractivity contribution in [2.45, 2.75) is 12.8 Å². The van der Waals surface area contributed by atoms with Crippen LogP contribution in [0.25, 0.3) is 0 Å². The second-order valence-electron chi connectivity index (χ2n) is 3.82. The summed E-state index contributed by atoms with van der Waals surface area (Å²) in [6.07, 6.45) is 1.68. The second-order valence-corrected chi connectivity index (χ2v) is 3.82. The molecule has 0 aromatic heterocycles. The highest BCUT2D eigenvalue weighted by Gasteiger charge is 2.12. The summed E-state index contributed by atoms with van der Waals surface area (Å²) >= 11 is 0. The zero-order valence-electron chi connectivity index (χ0n) is 8.83. The number of hydrazine groups is 1. The Morgan fingerprint density at radius 1 is 1.36 bits per heavy atom. The molecule has 1 saturated heterocycles. The van der Waals surface area contributed by atoms with E-state index in [-0.39, 0.29) is 5.91 Å². The number of likely N-dealkylation sites (N-methyl/N-ethyl adjacent to an activating group) is 1. The Morgan fingerprint density at radius 2 is 2.14 bits per heavy atom. The number of nitrogens with two attached hydrogens (primary N) is 1. The van der Waals surface area contributed by atoms with E-state index < -0.39 is 0 Å². The van der Waals surface area contributed by atoms with Crippen LogP contribution in [0.15, 0.2) is 0 Å². The van der Waals surface area contributed by atoms with Crippen molar-refractivity contribution >= 4 is 5.91 Å². The van der Waals surface area contributed by atoms with Crippen LogP contribution in [0.3, 0.4) is 0 Å². The average Bonchev–Trinajstić information content (AvgIpc) is 2.39. The van der Waals surface area contributed by atoms with Gasteiger partial charge in [-0.3, -0.25) is 10.2 Å². The Hall–Kier alpha value is -0.650. The monoisotopic (exact) mass is 200 g/mol. The number of amides is 1. The lowest BCUT2D eigenvalue weighted by Gasteiger charge is -2.19. The Kier molecular flexibility index (Phi) is 4.86. The number of carbonyl (C=O) groups is 1. The van der Waals surface area contributed by atoms with Crippen LogP contribution in [-0.4, -0.2) is 55.5 Å². The fourth-order valence-electron chi connectivity index (χ4n) is 1.66. The molecule has 82 valence electrons. The maximum Gasteiger partial charge on any atom is 0.235 e. The van der Waals surface area contributed by atoms with Crippen molar-refractivity contribution in [1.82, 2.24) is 15.2 Å². The molecule has 0 spiro atoms. The molecular formula is C9H20N4O. The number of nitrogens with zero attached hydrogens (tertiary/aromatic N) is 2. The largest absolute Gasteiger partial charge is 0.305 e. The van der Waals surface area contributed by atoms with Crippen molar-refractivity contribution in [3.8, 4) is 0 Å². The molecule has 1 heterocycles. The third-order valence-electron chi connectivity index (χ3n) is 2.63. The Bertz CT molecular complexity index is 186. The zero-order valence-corrected chi connectivity index (χ0v) is 8.83. The molecule has 0 aromatic carbocycles. The van der Waals surface area contributed by atoms with Gasteiger partial charge in [0.2, 0.25) is 5.91 Å². The normalized spacial score (nSPS) is 20.4. The number of hydrogen-bond acceptors (Lipinski definition) is 4. The molecule has 1 aliphatic rings. The maximum atomic E-state index is 10.9. The lowest BCUT2D eigenvalue weighted by molar-refractivity contribution is -0.121. The third-order valence-corrected chi connectivity index (χ3v) is 2.63. The van der Waals surface area contributed by atoms with Gasteiger partial charge in [0.1, 0.15) is 0 Å². The standard InChI is InChI=1S/C9H20N4O/c1-12-4-2-5-13(8-7-12)6-3-9(14)11-10/h2-8,10H2,1H3,(H,11,14). The lowest BCUT2D eigenvalue weighted by atomic mass is 10.3.